The highest BCUT2D eigenvalue weighted by Crippen LogP contribution is 2.68. The smallest absolute Gasteiger partial charge is 0.0722 e. The van der Waals surface area contributed by atoms with Gasteiger partial charge < -0.3 is 4.18 Å². The number of fused-ring (bicyclic) bond motifs is 5. The van der Waals surface area contributed by atoms with Crippen molar-refractivity contribution < 1.29 is 4.18 Å². The van der Waals surface area contributed by atoms with Crippen LogP contribution >= 0.6 is 12.9 Å². The quantitative estimate of drug-likeness (QED) is 0.335. The summed E-state index contributed by atoms with van der Waals surface area (Å²) in [6.45, 7) is 12.8. The van der Waals surface area contributed by atoms with E-state index in [2.05, 4.69) is 47.5 Å². The van der Waals surface area contributed by atoms with Gasteiger partial charge in [0.15, 0.2) is 0 Å². The zero-order valence-electron chi connectivity index (χ0n) is 20.0. The molecule has 0 bridgehead atoms. The van der Waals surface area contributed by atoms with Crippen molar-refractivity contribution in [1.82, 2.24) is 0 Å². The van der Waals surface area contributed by atoms with E-state index in [1.54, 1.807) is 0 Å². The molecule has 168 valence electrons. The van der Waals surface area contributed by atoms with Gasteiger partial charge in [-0.1, -0.05) is 53.9 Å². The molecule has 1 nitrogen and oxygen atoms in total. The van der Waals surface area contributed by atoms with E-state index in [9.17, 15) is 0 Å². The molecule has 0 spiro atoms. The summed E-state index contributed by atoms with van der Waals surface area (Å²) < 4.78 is 5.49. The van der Waals surface area contributed by atoms with E-state index >= 15 is 0 Å². The van der Waals surface area contributed by atoms with Crippen molar-refractivity contribution in [3.05, 3.63) is 0 Å². The van der Waals surface area contributed by atoms with E-state index in [0.717, 1.165) is 41.4 Å². The Bertz CT molecular complexity index is 561. The zero-order chi connectivity index (χ0) is 20.8. The lowest BCUT2D eigenvalue weighted by molar-refractivity contribution is -0.125. The molecule has 0 aromatic heterocycles. The lowest BCUT2D eigenvalue weighted by Gasteiger charge is -2.61. The summed E-state index contributed by atoms with van der Waals surface area (Å²) in [5.74, 6) is 6.66. The molecule has 4 fully saturated rings. The van der Waals surface area contributed by atoms with E-state index in [1.165, 1.54) is 77.0 Å². The second-order valence-corrected chi connectivity index (χ2v) is 12.9. The minimum atomic E-state index is 0.407. The number of thiol groups is 1. The Morgan fingerprint density at radius 3 is 2.31 bits per heavy atom. The van der Waals surface area contributed by atoms with E-state index in [0.29, 0.717) is 16.9 Å². The molecule has 0 amide bonds. The molecule has 29 heavy (non-hydrogen) atoms. The lowest BCUT2D eigenvalue weighted by Crippen LogP contribution is -2.54. The van der Waals surface area contributed by atoms with E-state index in [1.807, 2.05) is 0 Å². The molecule has 5 unspecified atom stereocenters. The molecule has 0 aliphatic heterocycles. The highest BCUT2D eigenvalue weighted by molar-refractivity contribution is 7.75. The van der Waals surface area contributed by atoms with Crippen LogP contribution in [0.2, 0.25) is 0 Å². The van der Waals surface area contributed by atoms with E-state index < -0.39 is 0 Å². The highest BCUT2D eigenvalue weighted by atomic mass is 32.1. The topological polar surface area (TPSA) is 9.23 Å². The van der Waals surface area contributed by atoms with Crippen molar-refractivity contribution in [1.29, 1.82) is 0 Å². The van der Waals surface area contributed by atoms with Gasteiger partial charge in [-0.3, -0.25) is 0 Å². The molecule has 9 atom stereocenters. The first kappa shape index (κ1) is 22.5. The Morgan fingerprint density at radius 1 is 0.862 bits per heavy atom. The predicted octanol–water partition coefficient (Wildman–Crippen LogP) is 8.34. The minimum absolute atomic E-state index is 0.407. The van der Waals surface area contributed by atoms with Gasteiger partial charge >= 0.3 is 0 Å². The van der Waals surface area contributed by atoms with Crippen molar-refractivity contribution in [2.75, 3.05) is 0 Å². The van der Waals surface area contributed by atoms with Crippen LogP contribution in [0.25, 0.3) is 0 Å². The van der Waals surface area contributed by atoms with Gasteiger partial charge in [-0.2, -0.15) is 0 Å². The van der Waals surface area contributed by atoms with Crippen molar-refractivity contribution in [3.8, 4) is 0 Å². The molecular weight excluding hydrogens is 372 g/mol. The third-order valence-electron chi connectivity index (χ3n) is 11.0. The van der Waals surface area contributed by atoms with E-state index in [-0.39, 0.29) is 0 Å². The Kier molecular flexibility index (Phi) is 6.74. The fraction of sp³-hybridized carbons (Fsp3) is 1.00. The van der Waals surface area contributed by atoms with Crippen LogP contribution in [0.3, 0.4) is 0 Å². The van der Waals surface area contributed by atoms with Crippen LogP contribution in [0.1, 0.15) is 112 Å². The molecule has 2 heteroatoms. The van der Waals surface area contributed by atoms with Gasteiger partial charge in [0.2, 0.25) is 0 Å². The lowest BCUT2D eigenvalue weighted by atomic mass is 9.44. The second kappa shape index (κ2) is 8.68. The van der Waals surface area contributed by atoms with Crippen LogP contribution in [-0.2, 0) is 4.18 Å². The molecular formula is C27H48OS. The van der Waals surface area contributed by atoms with E-state index in [4.69, 9.17) is 4.18 Å². The largest absolute Gasteiger partial charge is 0.315 e. The second-order valence-electron chi connectivity index (χ2n) is 12.7. The molecule has 4 aliphatic rings. The van der Waals surface area contributed by atoms with Crippen molar-refractivity contribution >= 4 is 12.9 Å². The van der Waals surface area contributed by atoms with Crippen LogP contribution < -0.4 is 0 Å². The summed E-state index contributed by atoms with van der Waals surface area (Å²) in [7, 11) is 0. The zero-order valence-corrected chi connectivity index (χ0v) is 20.9. The molecule has 0 N–H and O–H groups in total. The third kappa shape index (κ3) is 3.96. The average molecular weight is 421 g/mol. The molecule has 0 saturated heterocycles. The monoisotopic (exact) mass is 420 g/mol. The van der Waals surface area contributed by atoms with Crippen LogP contribution in [0.15, 0.2) is 0 Å². The molecule has 0 aromatic rings. The summed E-state index contributed by atoms with van der Waals surface area (Å²) in [4.78, 5) is 0. The highest BCUT2D eigenvalue weighted by Gasteiger charge is 2.60. The van der Waals surface area contributed by atoms with Crippen LogP contribution in [0, 0.1) is 52.3 Å². The minimum Gasteiger partial charge on any atom is -0.315 e. The van der Waals surface area contributed by atoms with Crippen molar-refractivity contribution in [2.45, 2.75) is 118 Å². The Morgan fingerprint density at radius 2 is 1.59 bits per heavy atom. The standard InChI is InChI=1S/C27H48OS/c1-18(2)7-6-8-19(3)23-11-12-24-22-10-9-20-17-21(28-29)13-15-26(20,4)25(22)14-16-27(23,24)5/h18-25,29H,6-17H2,1-5H3/t19-,20?,21+,22?,23?,24?,25?,26+,27-/m1/s1. The van der Waals surface area contributed by atoms with Gasteiger partial charge in [0.25, 0.3) is 0 Å². The maximum atomic E-state index is 5.49. The number of hydrogen-bond acceptors (Lipinski definition) is 2. The number of hydrogen-bond donors (Lipinski definition) is 1. The predicted molar refractivity (Wildman–Crippen MR) is 127 cm³/mol. The Hall–Kier alpha value is 0.310. The van der Waals surface area contributed by atoms with Gasteiger partial charge in [0.1, 0.15) is 0 Å². The molecule has 4 aliphatic carbocycles. The summed E-state index contributed by atoms with van der Waals surface area (Å²) >= 11 is 4.16. The van der Waals surface area contributed by atoms with Crippen molar-refractivity contribution in [2.24, 2.45) is 52.3 Å². The van der Waals surface area contributed by atoms with Crippen LogP contribution in [0.4, 0.5) is 0 Å². The first-order valence-corrected chi connectivity index (χ1v) is 13.5. The maximum Gasteiger partial charge on any atom is 0.0722 e. The first-order chi connectivity index (χ1) is 13.8. The normalized spacial score (nSPS) is 48.1. The van der Waals surface area contributed by atoms with Crippen LogP contribution in [0.5, 0.6) is 0 Å². The van der Waals surface area contributed by atoms with Crippen molar-refractivity contribution in [3.63, 3.8) is 0 Å². The fourth-order valence-electron chi connectivity index (χ4n) is 9.34. The molecule has 4 saturated carbocycles. The summed E-state index contributed by atoms with van der Waals surface area (Å²) in [6, 6.07) is 0. The van der Waals surface area contributed by atoms with Gasteiger partial charge in [-0.25, -0.2) is 0 Å². The fourth-order valence-corrected chi connectivity index (χ4v) is 9.53. The molecule has 4 rings (SSSR count). The van der Waals surface area contributed by atoms with Gasteiger partial charge in [-0.15, -0.1) is 0 Å². The number of rotatable bonds is 6. The first-order valence-electron chi connectivity index (χ1n) is 13.1. The van der Waals surface area contributed by atoms with Gasteiger partial charge in [0, 0.05) is 0 Å². The maximum absolute atomic E-state index is 5.49. The third-order valence-corrected chi connectivity index (χ3v) is 11.3. The van der Waals surface area contributed by atoms with Gasteiger partial charge in [-0.05, 0) is 123 Å². The molecule has 0 radical (unpaired) electrons. The molecule has 0 aromatic carbocycles. The van der Waals surface area contributed by atoms with Crippen LogP contribution in [-0.4, -0.2) is 6.10 Å². The average Bonchev–Trinajstić information content (AvgIpc) is 3.04. The Labute approximate surface area is 187 Å². The summed E-state index contributed by atoms with van der Waals surface area (Å²) in [5.41, 5.74) is 1.21. The Balaban J connectivity index is 1.45. The van der Waals surface area contributed by atoms with Gasteiger partial charge in [0.05, 0.1) is 6.10 Å². The summed E-state index contributed by atoms with van der Waals surface area (Å²) in [5, 5.41) is 0. The SMILES string of the molecule is CC(C)CCC[C@@H](C)C1CCC2C3CCC4C[C@@H](OS)CC[C@]4(C)C3CC[C@@]21C. The summed E-state index contributed by atoms with van der Waals surface area (Å²) in [6.07, 6.45) is 17.6. The molecule has 0 heterocycles.